The Kier molecular flexibility index (Phi) is 5.34. The van der Waals surface area contributed by atoms with E-state index in [1.54, 1.807) is 0 Å². The highest BCUT2D eigenvalue weighted by Crippen LogP contribution is 2.37. The van der Waals surface area contributed by atoms with Gasteiger partial charge in [-0.3, -0.25) is 4.79 Å². The van der Waals surface area contributed by atoms with Gasteiger partial charge in [0.15, 0.2) is 0 Å². The van der Waals surface area contributed by atoms with E-state index in [1.807, 2.05) is 0 Å². The Balaban J connectivity index is 3.09. The predicted octanol–water partition coefficient (Wildman–Crippen LogP) is 1.63. The molecule has 0 bridgehead atoms. The molecule has 5 nitrogen and oxygen atoms in total. The molecule has 1 atom stereocenters. The smallest absolute Gasteiger partial charge is 0.418 e. The first-order valence-electron chi connectivity index (χ1n) is 5.62. The van der Waals surface area contributed by atoms with Crippen molar-refractivity contribution < 1.29 is 27.4 Å². The van der Waals surface area contributed by atoms with Crippen molar-refractivity contribution in [1.82, 2.24) is 0 Å². The Morgan fingerprint density at radius 3 is 2.50 bits per heavy atom. The molecule has 20 heavy (non-hydrogen) atoms. The Labute approximate surface area is 113 Å². The molecule has 3 N–H and O–H groups in total. The van der Waals surface area contributed by atoms with Gasteiger partial charge in [-0.1, -0.05) is 0 Å². The number of carbonyl (C=O) groups excluding carboxylic acids is 1. The number of rotatable bonds is 5. The van der Waals surface area contributed by atoms with Gasteiger partial charge in [0, 0.05) is 13.7 Å². The lowest BCUT2D eigenvalue weighted by Gasteiger charge is -2.17. The zero-order valence-electron chi connectivity index (χ0n) is 11.0. The van der Waals surface area contributed by atoms with E-state index >= 15 is 0 Å². The van der Waals surface area contributed by atoms with Crippen LogP contribution < -0.4 is 15.8 Å². The first kappa shape index (κ1) is 16.3. The van der Waals surface area contributed by atoms with E-state index in [-0.39, 0.29) is 18.0 Å². The third-order valence-electron chi connectivity index (χ3n) is 2.58. The van der Waals surface area contributed by atoms with Gasteiger partial charge >= 0.3 is 6.18 Å². The van der Waals surface area contributed by atoms with Crippen LogP contribution in [0.25, 0.3) is 0 Å². The highest BCUT2D eigenvalue weighted by atomic mass is 19.4. The molecule has 0 spiro atoms. The first-order valence-corrected chi connectivity index (χ1v) is 5.62. The Hall–Kier alpha value is -1.80. The fraction of sp³-hybridized carbons (Fsp3) is 0.417. The van der Waals surface area contributed by atoms with Crippen LogP contribution in [0.5, 0.6) is 5.75 Å². The second-order valence-corrected chi connectivity index (χ2v) is 3.86. The Morgan fingerprint density at radius 2 is 2.05 bits per heavy atom. The summed E-state index contributed by atoms with van der Waals surface area (Å²) < 4.78 is 48.3. The molecule has 0 saturated heterocycles. The number of nitrogens with two attached hydrogens (primary N) is 1. The minimum Gasteiger partial charge on any atom is -0.497 e. The molecule has 0 saturated carbocycles. The van der Waals surface area contributed by atoms with Gasteiger partial charge in [0.1, 0.15) is 11.9 Å². The summed E-state index contributed by atoms with van der Waals surface area (Å²) in [6.07, 6.45) is -5.64. The fourth-order valence-corrected chi connectivity index (χ4v) is 1.52. The highest BCUT2D eigenvalue weighted by molar-refractivity contribution is 5.95. The molecular formula is C12H15F3N2O3. The van der Waals surface area contributed by atoms with Gasteiger partial charge in [0.05, 0.1) is 18.4 Å². The zero-order chi connectivity index (χ0) is 15.3. The van der Waals surface area contributed by atoms with Gasteiger partial charge in [0.25, 0.3) is 5.91 Å². The quantitative estimate of drug-likeness (QED) is 0.865. The summed E-state index contributed by atoms with van der Waals surface area (Å²) in [5, 5.41) is 2.15. The summed E-state index contributed by atoms with van der Waals surface area (Å²) in [7, 11) is 2.50. The van der Waals surface area contributed by atoms with Crippen LogP contribution in [0.1, 0.15) is 5.56 Å². The van der Waals surface area contributed by atoms with Gasteiger partial charge in [0.2, 0.25) is 0 Å². The molecule has 0 aliphatic heterocycles. The fourth-order valence-electron chi connectivity index (χ4n) is 1.52. The summed E-state index contributed by atoms with van der Waals surface area (Å²) in [6.45, 7) is -0.139. The average molecular weight is 292 g/mol. The van der Waals surface area contributed by atoms with E-state index in [0.29, 0.717) is 0 Å². The Bertz CT molecular complexity index is 474. The van der Waals surface area contributed by atoms with Crippen LogP contribution in [0.15, 0.2) is 18.2 Å². The van der Waals surface area contributed by atoms with E-state index in [1.165, 1.54) is 20.3 Å². The molecule has 1 unspecified atom stereocenters. The maximum atomic E-state index is 12.9. The number of anilines is 1. The number of nitrogens with one attached hydrogen (secondary N) is 1. The van der Waals surface area contributed by atoms with Crippen molar-refractivity contribution in [2.75, 3.05) is 26.1 Å². The molecule has 1 aromatic rings. The molecule has 1 aromatic carbocycles. The van der Waals surface area contributed by atoms with Crippen molar-refractivity contribution in [2.24, 2.45) is 5.73 Å². The van der Waals surface area contributed by atoms with E-state index in [9.17, 15) is 18.0 Å². The van der Waals surface area contributed by atoms with Crippen molar-refractivity contribution in [3.05, 3.63) is 23.8 Å². The van der Waals surface area contributed by atoms with Crippen LogP contribution >= 0.6 is 0 Å². The number of amides is 1. The number of methoxy groups -OCH3 is 2. The van der Waals surface area contributed by atoms with E-state index in [2.05, 4.69) is 5.32 Å². The topological polar surface area (TPSA) is 73.6 Å². The van der Waals surface area contributed by atoms with Crippen molar-refractivity contribution in [2.45, 2.75) is 12.3 Å². The van der Waals surface area contributed by atoms with Crippen molar-refractivity contribution >= 4 is 11.6 Å². The summed E-state index contributed by atoms with van der Waals surface area (Å²) in [5.74, 6) is -0.705. The SMILES string of the molecule is COc1ccc(NC(=O)C(CN)OC)c(C(F)(F)F)c1. The van der Waals surface area contributed by atoms with Crippen LogP contribution in [0, 0.1) is 0 Å². The molecule has 0 aromatic heterocycles. The lowest BCUT2D eigenvalue weighted by Crippen LogP contribution is -2.36. The number of carbonyl (C=O) groups is 1. The van der Waals surface area contributed by atoms with Gasteiger partial charge in [-0.25, -0.2) is 0 Å². The summed E-state index contributed by atoms with van der Waals surface area (Å²) >= 11 is 0. The molecular weight excluding hydrogens is 277 g/mol. The highest BCUT2D eigenvalue weighted by Gasteiger charge is 2.35. The molecule has 0 fully saturated rings. The van der Waals surface area contributed by atoms with Crippen molar-refractivity contribution in [3.8, 4) is 5.75 Å². The molecule has 1 amide bonds. The normalized spacial score (nSPS) is 12.9. The molecule has 0 radical (unpaired) electrons. The molecule has 0 aliphatic carbocycles. The van der Waals surface area contributed by atoms with Gasteiger partial charge in [-0.15, -0.1) is 0 Å². The number of halogens is 3. The van der Waals surface area contributed by atoms with Crippen LogP contribution in [0.2, 0.25) is 0 Å². The third kappa shape index (κ3) is 3.84. The molecule has 1 rings (SSSR count). The zero-order valence-corrected chi connectivity index (χ0v) is 11.0. The molecule has 8 heteroatoms. The minimum atomic E-state index is -4.62. The van der Waals surface area contributed by atoms with Gasteiger partial charge in [-0.2, -0.15) is 13.2 Å². The average Bonchev–Trinajstić information content (AvgIpc) is 2.39. The molecule has 0 heterocycles. The second kappa shape index (κ2) is 6.58. The van der Waals surface area contributed by atoms with E-state index in [0.717, 1.165) is 12.1 Å². The second-order valence-electron chi connectivity index (χ2n) is 3.86. The van der Waals surface area contributed by atoms with E-state index in [4.69, 9.17) is 15.2 Å². The van der Waals surface area contributed by atoms with Crippen molar-refractivity contribution in [1.29, 1.82) is 0 Å². The van der Waals surface area contributed by atoms with Crippen LogP contribution in [0.4, 0.5) is 18.9 Å². The van der Waals surface area contributed by atoms with Crippen LogP contribution in [0.3, 0.4) is 0 Å². The van der Waals surface area contributed by atoms with Crippen molar-refractivity contribution in [3.63, 3.8) is 0 Å². The Morgan fingerprint density at radius 1 is 1.40 bits per heavy atom. The van der Waals surface area contributed by atoms with Gasteiger partial charge in [-0.05, 0) is 18.2 Å². The maximum absolute atomic E-state index is 12.9. The molecule has 0 aliphatic rings. The lowest BCUT2D eigenvalue weighted by molar-refractivity contribution is -0.137. The predicted molar refractivity (Wildman–Crippen MR) is 66.5 cm³/mol. The first-order chi connectivity index (χ1) is 9.33. The monoisotopic (exact) mass is 292 g/mol. The van der Waals surface area contributed by atoms with Crippen LogP contribution in [-0.2, 0) is 15.7 Å². The summed E-state index contributed by atoms with van der Waals surface area (Å²) in [6, 6.07) is 3.23. The number of alkyl halides is 3. The molecule has 112 valence electrons. The number of hydrogen-bond donors (Lipinski definition) is 2. The third-order valence-corrected chi connectivity index (χ3v) is 2.58. The number of benzene rings is 1. The minimum absolute atomic E-state index is 0.0393. The summed E-state index contributed by atoms with van der Waals surface area (Å²) in [4.78, 5) is 11.7. The number of hydrogen-bond acceptors (Lipinski definition) is 4. The van der Waals surface area contributed by atoms with Gasteiger partial charge < -0.3 is 20.5 Å². The van der Waals surface area contributed by atoms with E-state index < -0.39 is 23.8 Å². The standard InChI is InChI=1S/C12H15F3N2O3/c1-19-7-3-4-9(8(5-7)12(13,14)15)17-11(18)10(6-16)20-2/h3-5,10H,6,16H2,1-2H3,(H,17,18). The number of ether oxygens (including phenoxy) is 2. The summed E-state index contributed by atoms with van der Waals surface area (Å²) in [5.41, 5.74) is 3.90. The lowest BCUT2D eigenvalue weighted by atomic mass is 10.1. The maximum Gasteiger partial charge on any atom is 0.418 e. The largest absolute Gasteiger partial charge is 0.497 e. The van der Waals surface area contributed by atoms with Crippen LogP contribution in [-0.4, -0.2) is 32.8 Å².